The summed E-state index contributed by atoms with van der Waals surface area (Å²) in [5, 5.41) is 10.3. The molecule has 0 saturated carbocycles. The Morgan fingerprint density at radius 3 is 2.62 bits per heavy atom. The summed E-state index contributed by atoms with van der Waals surface area (Å²) >= 11 is 6.83. The predicted molar refractivity (Wildman–Crippen MR) is 74.5 cm³/mol. The van der Waals surface area contributed by atoms with Gasteiger partial charge >= 0.3 is 0 Å². The Kier molecular flexibility index (Phi) is 3.85. The minimum Gasteiger partial charge on any atom is -0.382 e. The predicted octanol–water partition coefficient (Wildman–Crippen LogP) is 4.52. The molecule has 0 aliphatic heterocycles. The number of halogens is 1. The number of thiophene rings is 2. The van der Waals surface area contributed by atoms with E-state index in [2.05, 4.69) is 41.9 Å². The highest BCUT2D eigenvalue weighted by Gasteiger charge is 2.17. The number of rotatable bonds is 3. The van der Waals surface area contributed by atoms with Crippen LogP contribution in [0.5, 0.6) is 0 Å². The van der Waals surface area contributed by atoms with Gasteiger partial charge in [-0.25, -0.2) is 0 Å². The number of aliphatic hydroxyl groups excluding tert-OH is 1. The molecule has 2 aromatic heterocycles. The van der Waals surface area contributed by atoms with Crippen LogP contribution in [0.4, 0.5) is 0 Å². The molecule has 4 heteroatoms. The Balaban J connectivity index is 2.31. The van der Waals surface area contributed by atoms with Crippen molar-refractivity contribution in [2.24, 2.45) is 0 Å². The molecule has 16 heavy (non-hydrogen) atoms. The van der Waals surface area contributed by atoms with E-state index in [1.54, 1.807) is 22.7 Å². The molecule has 0 radical (unpaired) electrons. The summed E-state index contributed by atoms with van der Waals surface area (Å²) in [6.45, 7) is 4.19. The standard InChI is InChI=1S/C12H13BrOS2/c1-3-8-4-5-10(16-8)11(14)12-9(13)6-7(2)15-12/h4-6,11,14H,3H2,1-2H3. The van der Waals surface area contributed by atoms with Gasteiger partial charge in [0, 0.05) is 19.1 Å². The molecule has 0 fully saturated rings. The number of hydrogen-bond donors (Lipinski definition) is 1. The van der Waals surface area contributed by atoms with E-state index in [9.17, 15) is 5.11 Å². The normalized spacial score (nSPS) is 13.0. The van der Waals surface area contributed by atoms with Crippen molar-refractivity contribution in [3.05, 3.63) is 42.2 Å². The van der Waals surface area contributed by atoms with Gasteiger partial charge in [-0.15, -0.1) is 22.7 Å². The first-order chi connectivity index (χ1) is 7.61. The van der Waals surface area contributed by atoms with Crippen LogP contribution in [0.15, 0.2) is 22.7 Å². The Hall–Kier alpha value is -0.160. The topological polar surface area (TPSA) is 20.2 Å². The van der Waals surface area contributed by atoms with Gasteiger partial charge in [0.15, 0.2) is 0 Å². The van der Waals surface area contributed by atoms with Gasteiger partial charge in [-0.2, -0.15) is 0 Å². The summed E-state index contributed by atoms with van der Waals surface area (Å²) in [7, 11) is 0. The summed E-state index contributed by atoms with van der Waals surface area (Å²) < 4.78 is 1.01. The summed E-state index contributed by atoms with van der Waals surface area (Å²) in [4.78, 5) is 4.56. The third kappa shape index (κ3) is 2.40. The first kappa shape index (κ1) is 12.3. The van der Waals surface area contributed by atoms with Gasteiger partial charge < -0.3 is 5.11 Å². The van der Waals surface area contributed by atoms with E-state index in [1.165, 1.54) is 9.75 Å². The Labute approximate surface area is 112 Å². The van der Waals surface area contributed by atoms with Crippen molar-refractivity contribution >= 4 is 38.6 Å². The van der Waals surface area contributed by atoms with Gasteiger partial charge in [0.1, 0.15) is 6.10 Å². The molecule has 2 rings (SSSR count). The lowest BCUT2D eigenvalue weighted by Gasteiger charge is -2.06. The van der Waals surface area contributed by atoms with Crippen LogP contribution in [-0.4, -0.2) is 5.11 Å². The molecule has 0 aliphatic carbocycles. The Morgan fingerprint density at radius 2 is 2.12 bits per heavy atom. The van der Waals surface area contributed by atoms with Gasteiger partial charge in [-0.1, -0.05) is 6.92 Å². The van der Waals surface area contributed by atoms with Crippen molar-refractivity contribution in [2.75, 3.05) is 0 Å². The fraction of sp³-hybridized carbons (Fsp3) is 0.333. The monoisotopic (exact) mass is 316 g/mol. The highest BCUT2D eigenvalue weighted by atomic mass is 79.9. The minimum atomic E-state index is -0.488. The Morgan fingerprint density at radius 1 is 1.38 bits per heavy atom. The fourth-order valence-corrected chi connectivity index (χ4v) is 4.44. The van der Waals surface area contributed by atoms with E-state index in [-0.39, 0.29) is 0 Å². The van der Waals surface area contributed by atoms with Crippen molar-refractivity contribution in [3.63, 3.8) is 0 Å². The molecule has 0 aliphatic rings. The van der Waals surface area contributed by atoms with Gasteiger partial charge in [-0.3, -0.25) is 0 Å². The summed E-state index contributed by atoms with van der Waals surface area (Å²) in [5.41, 5.74) is 0. The average Bonchev–Trinajstić information content (AvgIpc) is 2.84. The maximum Gasteiger partial charge on any atom is 0.123 e. The summed E-state index contributed by atoms with van der Waals surface area (Å²) in [6, 6.07) is 6.17. The quantitative estimate of drug-likeness (QED) is 0.882. The molecule has 86 valence electrons. The molecule has 0 amide bonds. The lowest BCUT2D eigenvalue weighted by Crippen LogP contribution is -1.93. The highest BCUT2D eigenvalue weighted by molar-refractivity contribution is 9.10. The average molecular weight is 317 g/mol. The molecule has 1 nitrogen and oxygen atoms in total. The minimum absolute atomic E-state index is 0.488. The van der Waals surface area contributed by atoms with E-state index in [0.717, 1.165) is 20.6 Å². The van der Waals surface area contributed by atoms with Crippen molar-refractivity contribution in [1.82, 2.24) is 0 Å². The van der Waals surface area contributed by atoms with Crippen LogP contribution in [0.3, 0.4) is 0 Å². The third-order valence-electron chi connectivity index (χ3n) is 2.39. The first-order valence-corrected chi connectivity index (χ1v) is 7.57. The fourth-order valence-electron chi connectivity index (χ4n) is 1.55. The van der Waals surface area contributed by atoms with Gasteiger partial charge in [-0.05, 0) is 47.5 Å². The van der Waals surface area contributed by atoms with Crippen molar-refractivity contribution < 1.29 is 5.11 Å². The second-order valence-electron chi connectivity index (χ2n) is 3.63. The van der Waals surface area contributed by atoms with E-state index >= 15 is 0 Å². The van der Waals surface area contributed by atoms with Crippen LogP contribution in [0, 0.1) is 6.92 Å². The molecular weight excluding hydrogens is 304 g/mol. The van der Waals surface area contributed by atoms with Crippen molar-refractivity contribution in [3.8, 4) is 0 Å². The zero-order valence-electron chi connectivity index (χ0n) is 9.16. The van der Waals surface area contributed by atoms with E-state index < -0.39 is 6.10 Å². The molecule has 1 atom stereocenters. The lowest BCUT2D eigenvalue weighted by atomic mass is 10.2. The number of aryl methyl sites for hydroxylation is 2. The SMILES string of the molecule is CCc1ccc(C(O)c2sc(C)cc2Br)s1. The summed E-state index contributed by atoms with van der Waals surface area (Å²) in [5.74, 6) is 0. The van der Waals surface area contributed by atoms with Crippen LogP contribution in [-0.2, 0) is 6.42 Å². The smallest absolute Gasteiger partial charge is 0.123 e. The maximum atomic E-state index is 10.3. The zero-order chi connectivity index (χ0) is 11.7. The molecule has 2 heterocycles. The highest BCUT2D eigenvalue weighted by Crippen LogP contribution is 2.37. The molecule has 0 saturated heterocycles. The zero-order valence-corrected chi connectivity index (χ0v) is 12.4. The molecule has 1 N–H and O–H groups in total. The van der Waals surface area contributed by atoms with Gasteiger partial charge in [0.25, 0.3) is 0 Å². The van der Waals surface area contributed by atoms with Gasteiger partial charge in [0.2, 0.25) is 0 Å². The largest absolute Gasteiger partial charge is 0.382 e. The number of hydrogen-bond acceptors (Lipinski definition) is 3. The second-order valence-corrected chi connectivity index (χ2v) is 6.97. The van der Waals surface area contributed by atoms with E-state index in [0.29, 0.717) is 0 Å². The van der Waals surface area contributed by atoms with Crippen LogP contribution < -0.4 is 0 Å². The first-order valence-electron chi connectivity index (χ1n) is 5.14. The van der Waals surface area contributed by atoms with Crippen LogP contribution in [0.1, 0.15) is 32.5 Å². The maximum absolute atomic E-state index is 10.3. The molecule has 0 aromatic carbocycles. The molecular formula is C12H13BrOS2. The second kappa shape index (κ2) is 5.00. The Bertz CT molecular complexity index is 487. The summed E-state index contributed by atoms with van der Waals surface area (Å²) in [6.07, 6.45) is 0.542. The third-order valence-corrected chi connectivity index (χ3v) is 5.69. The molecule has 1 unspecified atom stereocenters. The lowest BCUT2D eigenvalue weighted by molar-refractivity contribution is 0.227. The van der Waals surface area contributed by atoms with E-state index in [1.807, 2.05) is 6.07 Å². The number of aliphatic hydroxyl groups is 1. The van der Waals surface area contributed by atoms with E-state index in [4.69, 9.17) is 0 Å². The van der Waals surface area contributed by atoms with Gasteiger partial charge in [0.05, 0.1) is 4.88 Å². The van der Waals surface area contributed by atoms with Crippen LogP contribution >= 0.6 is 38.6 Å². The van der Waals surface area contributed by atoms with Crippen molar-refractivity contribution in [2.45, 2.75) is 26.4 Å². The molecule has 0 spiro atoms. The van der Waals surface area contributed by atoms with Crippen molar-refractivity contribution in [1.29, 1.82) is 0 Å². The van der Waals surface area contributed by atoms with Crippen LogP contribution in [0.2, 0.25) is 0 Å². The molecule has 2 aromatic rings. The van der Waals surface area contributed by atoms with Crippen LogP contribution in [0.25, 0.3) is 0 Å². The molecule has 0 bridgehead atoms.